The molecular formula is C14H15N3O3. The number of para-hydroxylation sites is 2. The molecule has 0 saturated carbocycles. The normalized spacial score (nSPS) is 10.1. The highest BCUT2D eigenvalue weighted by Crippen LogP contribution is 2.19. The number of carbonyl (C=O) groups is 2. The summed E-state index contributed by atoms with van der Waals surface area (Å²) in [5.41, 5.74) is 1.39. The van der Waals surface area contributed by atoms with Gasteiger partial charge in [0, 0.05) is 12.4 Å². The molecule has 2 rings (SSSR count). The van der Waals surface area contributed by atoms with Gasteiger partial charge in [-0.15, -0.1) is 0 Å². The number of hydrogen-bond acceptors (Lipinski definition) is 4. The zero-order valence-electron chi connectivity index (χ0n) is 11.1. The van der Waals surface area contributed by atoms with E-state index in [-0.39, 0.29) is 13.0 Å². The van der Waals surface area contributed by atoms with Gasteiger partial charge >= 0.3 is 5.97 Å². The van der Waals surface area contributed by atoms with Crippen molar-refractivity contribution in [1.82, 2.24) is 9.55 Å². The summed E-state index contributed by atoms with van der Waals surface area (Å²) in [6.45, 7) is 1.96. The third-order valence-corrected chi connectivity index (χ3v) is 2.57. The van der Waals surface area contributed by atoms with Crippen LogP contribution in [0.1, 0.15) is 13.3 Å². The Morgan fingerprint density at radius 3 is 2.85 bits per heavy atom. The summed E-state index contributed by atoms with van der Waals surface area (Å²) in [6.07, 6.45) is 4.76. The maximum atomic E-state index is 11.8. The molecule has 0 radical (unpaired) electrons. The molecular weight excluding hydrogens is 258 g/mol. The lowest BCUT2D eigenvalue weighted by molar-refractivity contribution is -0.145. The minimum atomic E-state index is -0.537. The first kappa shape index (κ1) is 13.8. The van der Waals surface area contributed by atoms with Crippen LogP contribution in [0.15, 0.2) is 43.0 Å². The summed E-state index contributed by atoms with van der Waals surface area (Å²) < 4.78 is 6.52. The first-order chi connectivity index (χ1) is 9.70. The summed E-state index contributed by atoms with van der Waals surface area (Å²) in [4.78, 5) is 27.0. The fourth-order valence-electron chi connectivity index (χ4n) is 1.74. The lowest BCUT2D eigenvalue weighted by atomic mass is 10.2. The van der Waals surface area contributed by atoms with Gasteiger partial charge in [0.15, 0.2) is 0 Å². The Hall–Kier alpha value is -2.63. The van der Waals surface area contributed by atoms with Crippen LogP contribution in [-0.2, 0) is 14.3 Å². The lowest BCUT2D eigenvalue weighted by Gasteiger charge is -2.11. The predicted molar refractivity (Wildman–Crippen MR) is 73.4 cm³/mol. The van der Waals surface area contributed by atoms with Gasteiger partial charge in [-0.25, -0.2) is 4.98 Å². The standard InChI is InChI=1S/C14H15N3O3/c1-2-20-14(19)9-13(18)16-11-5-3-4-6-12(11)17-8-7-15-10-17/h3-8,10H,2,9H2,1H3,(H,16,18). The molecule has 0 aliphatic heterocycles. The maximum absolute atomic E-state index is 11.8. The van der Waals surface area contributed by atoms with Gasteiger partial charge in [0.2, 0.25) is 5.91 Å². The van der Waals surface area contributed by atoms with Crippen molar-refractivity contribution in [2.24, 2.45) is 0 Å². The Balaban J connectivity index is 2.10. The molecule has 1 aromatic carbocycles. The van der Waals surface area contributed by atoms with Gasteiger partial charge in [-0.05, 0) is 19.1 Å². The molecule has 1 N–H and O–H groups in total. The van der Waals surface area contributed by atoms with Crippen molar-refractivity contribution in [3.63, 3.8) is 0 Å². The topological polar surface area (TPSA) is 73.2 Å². The van der Waals surface area contributed by atoms with Crippen LogP contribution in [0.3, 0.4) is 0 Å². The van der Waals surface area contributed by atoms with Crippen LogP contribution < -0.4 is 5.32 Å². The highest BCUT2D eigenvalue weighted by molar-refractivity contribution is 6.02. The number of rotatable bonds is 5. The molecule has 6 heteroatoms. The quantitative estimate of drug-likeness (QED) is 0.665. The molecule has 0 bridgehead atoms. The zero-order chi connectivity index (χ0) is 14.4. The van der Waals surface area contributed by atoms with E-state index in [2.05, 4.69) is 10.3 Å². The third-order valence-electron chi connectivity index (χ3n) is 2.57. The van der Waals surface area contributed by atoms with E-state index in [4.69, 9.17) is 4.74 Å². The van der Waals surface area contributed by atoms with E-state index < -0.39 is 11.9 Å². The van der Waals surface area contributed by atoms with E-state index in [0.717, 1.165) is 5.69 Å². The highest BCUT2D eigenvalue weighted by atomic mass is 16.5. The summed E-state index contributed by atoms with van der Waals surface area (Å²) in [5.74, 6) is -0.943. The van der Waals surface area contributed by atoms with Gasteiger partial charge in [0.1, 0.15) is 6.42 Å². The number of ether oxygens (including phenoxy) is 1. The average molecular weight is 273 g/mol. The third kappa shape index (κ3) is 3.44. The lowest BCUT2D eigenvalue weighted by Crippen LogP contribution is -2.19. The van der Waals surface area contributed by atoms with Crippen molar-refractivity contribution in [1.29, 1.82) is 0 Å². The molecule has 2 aromatic rings. The fourth-order valence-corrected chi connectivity index (χ4v) is 1.74. The fraction of sp³-hybridized carbons (Fsp3) is 0.214. The van der Waals surface area contributed by atoms with Crippen molar-refractivity contribution in [2.45, 2.75) is 13.3 Å². The van der Waals surface area contributed by atoms with E-state index in [9.17, 15) is 9.59 Å². The van der Waals surface area contributed by atoms with Gasteiger partial charge in [-0.1, -0.05) is 12.1 Å². The smallest absolute Gasteiger partial charge is 0.315 e. The van der Waals surface area contributed by atoms with Crippen molar-refractivity contribution >= 4 is 17.6 Å². The van der Waals surface area contributed by atoms with Gasteiger partial charge < -0.3 is 14.6 Å². The largest absolute Gasteiger partial charge is 0.466 e. The van der Waals surface area contributed by atoms with Crippen molar-refractivity contribution in [3.05, 3.63) is 43.0 Å². The summed E-state index contributed by atoms with van der Waals surface area (Å²) in [7, 11) is 0. The number of nitrogens with one attached hydrogen (secondary N) is 1. The van der Waals surface area contributed by atoms with Crippen LogP contribution in [0, 0.1) is 0 Å². The molecule has 6 nitrogen and oxygen atoms in total. The number of imidazole rings is 1. The minimum absolute atomic E-state index is 0.262. The SMILES string of the molecule is CCOC(=O)CC(=O)Nc1ccccc1-n1ccnc1. The van der Waals surface area contributed by atoms with Gasteiger partial charge in [0.25, 0.3) is 0 Å². The second-order valence-corrected chi connectivity index (χ2v) is 4.02. The highest BCUT2D eigenvalue weighted by Gasteiger charge is 2.12. The molecule has 104 valence electrons. The first-order valence-corrected chi connectivity index (χ1v) is 6.23. The van der Waals surface area contributed by atoms with E-state index in [1.54, 1.807) is 42.3 Å². The molecule has 0 spiro atoms. The molecule has 20 heavy (non-hydrogen) atoms. The molecule has 1 amide bonds. The van der Waals surface area contributed by atoms with Crippen LogP contribution in [0.4, 0.5) is 5.69 Å². The van der Waals surface area contributed by atoms with Gasteiger partial charge in [-0.2, -0.15) is 0 Å². The Bertz CT molecular complexity index is 593. The number of esters is 1. The van der Waals surface area contributed by atoms with Crippen LogP contribution in [0.5, 0.6) is 0 Å². The molecule has 0 unspecified atom stereocenters. The minimum Gasteiger partial charge on any atom is -0.466 e. The molecule has 0 aliphatic carbocycles. The van der Waals surface area contributed by atoms with E-state index in [1.165, 1.54) is 0 Å². The van der Waals surface area contributed by atoms with Gasteiger partial charge in [-0.3, -0.25) is 9.59 Å². The molecule has 1 aromatic heterocycles. The number of nitrogens with zero attached hydrogens (tertiary/aromatic N) is 2. The maximum Gasteiger partial charge on any atom is 0.315 e. The second-order valence-electron chi connectivity index (χ2n) is 4.02. The van der Waals surface area contributed by atoms with Crippen LogP contribution in [0.2, 0.25) is 0 Å². The van der Waals surface area contributed by atoms with Crippen LogP contribution in [0.25, 0.3) is 5.69 Å². The molecule has 0 saturated heterocycles. The van der Waals surface area contributed by atoms with E-state index in [0.29, 0.717) is 5.69 Å². The summed E-state index contributed by atoms with van der Waals surface area (Å²) in [5, 5.41) is 2.70. The van der Waals surface area contributed by atoms with Gasteiger partial charge in [0.05, 0.1) is 24.3 Å². The molecule has 1 heterocycles. The number of amides is 1. The Morgan fingerprint density at radius 1 is 1.35 bits per heavy atom. The van der Waals surface area contributed by atoms with Crippen LogP contribution >= 0.6 is 0 Å². The van der Waals surface area contributed by atoms with Crippen molar-refractivity contribution in [2.75, 3.05) is 11.9 Å². The van der Waals surface area contributed by atoms with E-state index >= 15 is 0 Å². The molecule has 0 fully saturated rings. The van der Waals surface area contributed by atoms with Crippen LogP contribution in [-0.4, -0.2) is 28.0 Å². The number of benzene rings is 1. The number of aromatic nitrogens is 2. The zero-order valence-corrected chi connectivity index (χ0v) is 11.1. The Labute approximate surface area is 116 Å². The van der Waals surface area contributed by atoms with Crippen molar-refractivity contribution in [3.8, 4) is 5.69 Å². The Morgan fingerprint density at radius 2 is 2.15 bits per heavy atom. The molecule has 0 aliphatic rings. The summed E-state index contributed by atoms with van der Waals surface area (Å²) in [6, 6.07) is 7.27. The number of hydrogen-bond donors (Lipinski definition) is 1. The van der Waals surface area contributed by atoms with Crippen molar-refractivity contribution < 1.29 is 14.3 Å². The molecule has 0 atom stereocenters. The second kappa shape index (κ2) is 6.51. The number of anilines is 1. The monoisotopic (exact) mass is 273 g/mol. The predicted octanol–water partition coefficient (Wildman–Crippen LogP) is 1.76. The number of carbonyl (C=O) groups excluding carboxylic acids is 2. The Kier molecular flexibility index (Phi) is 4.49. The first-order valence-electron chi connectivity index (χ1n) is 6.23. The van der Waals surface area contributed by atoms with E-state index in [1.807, 2.05) is 12.1 Å². The summed E-state index contributed by atoms with van der Waals surface area (Å²) >= 11 is 0. The average Bonchev–Trinajstić information content (AvgIpc) is 2.93.